The second-order valence-electron chi connectivity index (χ2n) is 14.6. The number of allylic oxidation sites excluding steroid dienone is 7. The Morgan fingerprint density at radius 1 is 0.520 bits per heavy atom. The van der Waals surface area contributed by atoms with E-state index in [0.29, 0.717) is 6.42 Å². The molecular formula is C45H83NO4. The Bertz CT molecular complexity index is 820. The largest absolute Gasteiger partial charge is 0.394 e. The number of carbonyl (C=O) groups excluding carboxylic acids is 1. The van der Waals surface area contributed by atoms with Gasteiger partial charge in [0.05, 0.1) is 31.3 Å². The smallest absolute Gasteiger partial charge is 0.222 e. The summed E-state index contributed by atoms with van der Waals surface area (Å²) in [5.74, 6) is -0.332. The van der Waals surface area contributed by atoms with E-state index >= 15 is 0 Å². The van der Waals surface area contributed by atoms with Crippen molar-refractivity contribution in [3.63, 3.8) is 0 Å². The fourth-order valence-electron chi connectivity index (χ4n) is 6.27. The molecule has 0 rings (SSSR count). The van der Waals surface area contributed by atoms with Crippen molar-refractivity contribution in [3.8, 4) is 0 Å². The Morgan fingerprint density at radius 2 is 0.920 bits per heavy atom. The van der Waals surface area contributed by atoms with Crippen LogP contribution in [0.1, 0.15) is 206 Å². The van der Waals surface area contributed by atoms with Gasteiger partial charge in [-0.15, -0.1) is 0 Å². The molecule has 0 radical (unpaired) electrons. The molecule has 0 saturated heterocycles. The van der Waals surface area contributed by atoms with Crippen LogP contribution >= 0.6 is 0 Å². The average Bonchev–Trinajstić information content (AvgIpc) is 3.11. The molecule has 5 nitrogen and oxygen atoms in total. The number of aliphatic hydroxyl groups excluding tert-OH is 3. The molecule has 0 aliphatic carbocycles. The highest BCUT2D eigenvalue weighted by atomic mass is 16.3. The van der Waals surface area contributed by atoms with E-state index in [4.69, 9.17) is 0 Å². The van der Waals surface area contributed by atoms with Crippen molar-refractivity contribution in [3.05, 3.63) is 48.6 Å². The van der Waals surface area contributed by atoms with Gasteiger partial charge in [-0.2, -0.15) is 0 Å². The lowest BCUT2D eigenvalue weighted by Crippen LogP contribution is -2.45. The third-order valence-electron chi connectivity index (χ3n) is 9.59. The predicted molar refractivity (Wildman–Crippen MR) is 217 cm³/mol. The van der Waals surface area contributed by atoms with Gasteiger partial charge in [0.15, 0.2) is 0 Å². The third-order valence-corrected chi connectivity index (χ3v) is 9.59. The van der Waals surface area contributed by atoms with Crippen LogP contribution < -0.4 is 5.32 Å². The molecule has 0 spiro atoms. The van der Waals surface area contributed by atoms with Gasteiger partial charge in [-0.05, 0) is 64.2 Å². The molecule has 0 aromatic heterocycles. The molecule has 0 aliphatic rings. The van der Waals surface area contributed by atoms with Crippen LogP contribution in [0.25, 0.3) is 0 Å². The molecule has 50 heavy (non-hydrogen) atoms. The molecule has 3 unspecified atom stereocenters. The van der Waals surface area contributed by atoms with Crippen LogP contribution in [0.2, 0.25) is 0 Å². The maximum Gasteiger partial charge on any atom is 0.222 e. The Hall–Kier alpha value is -1.69. The number of hydrogen-bond donors (Lipinski definition) is 4. The van der Waals surface area contributed by atoms with Crippen LogP contribution in [0.15, 0.2) is 48.6 Å². The van der Waals surface area contributed by atoms with E-state index in [1.165, 1.54) is 141 Å². The summed E-state index contributed by atoms with van der Waals surface area (Å²) < 4.78 is 0. The van der Waals surface area contributed by atoms with Gasteiger partial charge < -0.3 is 20.6 Å². The van der Waals surface area contributed by atoms with Gasteiger partial charge in [0.1, 0.15) is 0 Å². The first-order valence-electron chi connectivity index (χ1n) is 21.4. The summed E-state index contributed by atoms with van der Waals surface area (Å²) in [5, 5.41) is 33.0. The summed E-state index contributed by atoms with van der Waals surface area (Å²) in [7, 11) is 0. The first-order chi connectivity index (χ1) is 24.5. The Morgan fingerprint density at radius 3 is 1.42 bits per heavy atom. The molecule has 5 heteroatoms. The number of amides is 1. The molecule has 0 saturated carbocycles. The number of nitrogens with one attached hydrogen (secondary N) is 1. The SMILES string of the molecule is CCCCCC/C=C/CC/C=C/C(O)C(CO)NC(=O)CC(O)CCCCCCCCCCC/C=C\C/C=C\CCCCCCCCCCC. The number of unbranched alkanes of at least 4 members (excludes halogenated alkanes) is 23. The van der Waals surface area contributed by atoms with Gasteiger partial charge in [-0.1, -0.05) is 184 Å². The Labute approximate surface area is 310 Å². The summed E-state index contributed by atoms with van der Waals surface area (Å²) >= 11 is 0. The third kappa shape index (κ3) is 36.1. The molecule has 0 aliphatic heterocycles. The molecule has 3 atom stereocenters. The summed E-state index contributed by atoms with van der Waals surface area (Å²) in [6.07, 6.45) is 51.2. The van der Waals surface area contributed by atoms with E-state index in [0.717, 1.165) is 38.5 Å². The van der Waals surface area contributed by atoms with Crippen molar-refractivity contribution < 1.29 is 20.1 Å². The first-order valence-corrected chi connectivity index (χ1v) is 21.4. The van der Waals surface area contributed by atoms with Crippen molar-refractivity contribution in [2.75, 3.05) is 6.61 Å². The van der Waals surface area contributed by atoms with Crippen molar-refractivity contribution in [2.24, 2.45) is 0 Å². The summed E-state index contributed by atoms with van der Waals surface area (Å²) in [6.45, 7) is 4.15. The zero-order valence-corrected chi connectivity index (χ0v) is 33.0. The lowest BCUT2D eigenvalue weighted by Gasteiger charge is -2.21. The number of carbonyl (C=O) groups is 1. The second-order valence-corrected chi connectivity index (χ2v) is 14.6. The number of rotatable bonds is 38. The highest BCUT2D eigenvalue weighted by molar-refractivity contribution is 5.76. The van der Waals surface area contributed by atoms with E-state index in [1.807, 2.05) is 6.08 Å². The highest BCUT2D eigenvalue weighted by Gasteiger charge is 2.20. The molecule has 0 aromatic carbocycles. The fourth-order valence-corrected chi connectivity index (χ4v) is 6.27. The first kappa shape index (κ1) is 48.3. The molecule has 0 heterocycles. The zero-order chi connectivity index (χ0) is 36.6. The Kier molecular flexibility index (Phi) is 38.7. The van der Waals surface area contributed by atoms with E-state index in [9.17, 15) is 20.1 Å². The molecule has 0 fully saturated rings. The van der Waals surface area contributed by atoms with Gasteiger partial charge in [-0.3, -0.25) is 4.79 Å². The van der Waals surface area contributed by atoms with Crippen LogP contribution in [0.5, 0.6) is 0 Å². The van der Waals surface area contributed by atoms with E-state index in [2.05, 4.69) is 55.6 Å². The van der Waals surface area contributed by atoms with Crippen molar-refractivity contribution in [1.82, 2.24) is 5.32 Å². The van der Waals surface area contributed by atoms with Crippen molar-refractivity contribution in [1.29, 1.82) is 0 Å². The predicted octanol–water partition coefficient (Wildman–Crippen LogP) is 12.2. The lowest BCUT2D eigenvalue weighted by molar-refractivity contribution is -0.124. The van der Waals surface area contributed by atoms with E-state index in [-0.39, 0.29) is 18.9 Å². The van der Waals surface area contributed by atoms with Gasteiger partial charge in [0.2, 0.25) is 5.91 Å². The molecule has 1 amide bonds. The number of aliphatic hydroxyl groups is 3. The van der Waals surface area contributed by atoms with Gasteiger partial charge in [0.25, 0.3) is 0 Å². The molecular weight excluding hydrogens is 618 g/mol. The van der Waals surface area contributed by atoms with E-state index < -0.39 is 18.2 Å². The van der Waals surface area contributed by atoms with Crippen LogP contribution in [0.4, 0.5) is 0 Å². The summed E-state index contributed by atoms with van der Waals surface area (Å²) in [4.78, 5) is 12.4. The summed E-state index contributed by atoms with van der Waals surface area (Å²) in [5.41, 5.74) is 0. The molecule has 0 aromatic rings. The topological polar surface area (TPSA) is 89.8 Å². The monoisotopic (exact) mass is 702 g/mol. The standard InChI is InChI=1S/C45H83NO4/c1-3-5-7-9-11-13-15-16-17-18-19-20-21-22-23-24-25-26-27-28-29-30-32-34-36-38-42(48)40-45(50)46-43(41-47)44(49)39-37-35-33-31-14-12-10-8-6-4-2/h14,19-20,22-23,31,37,39,42-44,47-49H,3-13,15-18,21,24-30,32-36,38,40-41H2,1-2H3,(H,46,50)/b20-19-,23-22-,31-14+,39-37+. The number of hydrogen-bond acceptors (Lipinski definition) is 4. The second kappa shape index (κ2) is 40.1. The van der Waals surface area contributed by atoms with Gasteiger partial charge in [0, 0.05) is 0 Å². The maximum absolute atomic E-state index is 12.4. The minimum absolute atomic E-state index is 0.00126. The minimum atomic E-state index is -0.951. The van der Waals surface area contributed by atoms with Gasteiger partial charge >= 0.3 is 0 Å². The quantitative estimate of drug-likeness (QED) is 0.0381. The molecule has 292 valence electrons. The van der Waals surface area contributed by atoms with E-state index in [1.54, 1.807) is 6.08 Å². The normalized spacial score (nSPS) is 14.1. The van der Waals surface area contributed by atoms with Crippen LogP contribution in [-0.2, 0) is 4.79 Å². The summed E-state index contributed by atoms with van der Waals surface area (Å²) in [6, 6.07) is -0.761. The highest BCUT2D eigenvalue weighted by Crippen LogP contribution is 2.14. The molecule has 4 N–H and O–H groups in total. The van der Waals surface area contributed by atoms with Crippen LogP contribution in [0.3, 0.4) is 0 Å². The maximum atomic E-state index is 12.4. The zero-order valence-electron chi connectivity index (χ0n) is 33.0. The van der Waals surface area contributed by atoms with Crippen molar-refractivity contribution in [2.45, 2.75) is 225 Å². The minimum Gasteiger partial charge on any atom is -0.394 e. The van der Waals surface area contributed by atoms with Crippen molar-refractivity contribution >= 4 is 5.91 Å². The Balaban J connectivity index is 3.64. The van der Waals surface area contributed by atoms with Gasteiger partial charge in [-0.25, -0.2) is 0 Å². The molecule has 0 bridgehead atoms. The fraction of sp³-hybridized carbons (Fsp3) is 0.800. The average molecular weight is 702 g/mol. The lowest BCUT2D eigenvalue weighted by atomic mass is 10.0. The van der Waals surface area contributed by atoms with Crippen LogP contribution in [0, 0.1) is 0 Å². The van der Waals surface area contributed by atoms with Crippen LogP contribution in [-0.4, -0.2) is 46.1 Å².